The Morgan fingerprint density at radius 2 is 2.26 bits per heavy atom. The lowest BCUT2D eigenvalue weighted by molar-refractivity contribution is 0.0936. The van der Waals surface area contributed by atoms with E-state index in [1.54, 1.807) is 6.07 Å². The van der Waals surface area contributed by atoms with Crippen LogP contribution in [-0.4, -0.2) is 31.7 Å². The van der Waals surface area contributed by atoms with Crippen molar-refractivity contribution in [3.8, 4) is 0 Å². The fourth-order valence-corrected chi connectivity index (χ4v) is 2.03. The molecule has 1 aliphatic heterocycles. The van der Waals surface area contributed by atoms with Crippen molar-refractivity contribution in [2.75, 3.05) is 25.0 Å². The third-order valence-corrected chi connectivity index (χ3v) is 2.94. The molecule has 0 radical (unpaired) electrons. The summed E-state index contributed by atoms with van der Waals surface area (Å²) < 4.78 is 4.53. The second-order valence-corrected chi connectivity index (χ2v) is 4.33. The first kappa shape index (κ1) is 13.2. The zero-order chi connectivity index (χ0) is 13.7. The molecule has 102 valence electrons. The van der Waals surface area contributed by atoms with Gasteiger partial charge in [0, 0.05) is 17.8 Å². The molecule has 0 aromatic heterocycles. The second-order valence-electron chi connectivity index (χ2n) is 4.33. The summed E-state index contributed by atoms with van der Waals surface area (Å²) in [5, 5.41) is 5.96. The summed E-state index contributed by atoms with van der Waals surface area (Å²) in [5.41, 5.74) is 7.69. The molecule has 2 amide bonds. The van der Waals surface area contributed by atoms with Crippen LogP contribution in [0.3, 0.4) is 0 Å². The van der Waals surface area contributed by atoms with Crippen molar-refractivity contribution in [3.05, 3.63) is 29.3 Å². The second kappa shape index (κ2) is 6.08. The van der Waals surface area contributed by atoms with Crippen LogP contribution in [0.15, 0.2) is 18.2 Å². The summed E-state index contributed by atoms with van der Waals surface area (Å²) in [7, 11) is 0. The van der Waals surface area contributed by atoms with Gasteiger partial charge in [-0.1, -0.05) is 0 Å². The van der Waals surface area contributed by atoms with Gasteiger partial charge in [-0.15, -0.1) is 0 Å². The van der Waals surface area contributed by atoms with Gasteiger partial charge in [-0.3, -0.25) is 4.79 Å². The Bertz CT molecular complexity index is 488. The summed E-state index contributed by atoms with van der Waals surface area (Å²) >= 11 is 0. The van der Waals surface area contributed by atoms with Gasteiger partial charge in [0.2, 0.25) is 0 Å². The maximum Gasteiger partial charge on any atom is 0.404 e. The number of fused-ring (bicyclic) bond motifs is 1. The Kier molecular flexibility index (Phi) is 4.22. The van der Waals surface area contributed by atoms with Gasteiger partial charge in [0.15, 0.2) is 0 Å². The number of aryl methyl sites for hydroxylation is 1. The van der Waals surface area contributed by atoms with E-state index in [4.69, 9.17) is 5.73 Å². The number of benzene rings is 1. The number of primary amides is 1. The molecule has 0 saturated carbocycles. The Morgan fingerprint density at radius 3 is 3.05 bits per heavy atom. The standard InChI is InChI=1S/C13H17N3O3/c14-13(18)19-7-6-16-12(17)10-3-4-11-9(8-10)2-1-5-15-11/h3-4,8,15H,1-2,5-7H2,(H2,14,18)(H,16,17). The summed E-state index contributed by atoms with van der Waals surface area (Å²) in [6, 6.07) is 5.59. The quantitative estimate of drug-likeness (QED) is 0.703. The van der Waals surface area contributed by atoms with Crippen LogP contribution in [0.4, 0.5) is 10.5 Å². The fraction of sp³-hybridized carbons (Fsp3) is 0.385. The van der Waals surface area contributed by atoms with Gasteiger partial charge in [0.1, 0.15) is 6.61 Å². The predicted octanol–water partition coefficient (Wildman–Crippen LogP) is 0.870. The molecule has 1 aromatic rings. The topological polar surface area (TPSA) is 93.5 Å². The number of hydrogen-bond donors (Lipinski definition) is 3. The molecular weight excluding hydrogens is 246 g/mol. The maximum atomic E-state index is 11.9. The summed E-state index contributed by atoms with van der Waals surface area (Å²) in [5.74, 6) is -0.179. The number of carbonyl (C=O) groups is 2. The smallest absolute Gasteiger partial charge is 0.404 e. The molecule has 4 N–H and O–H groups in total. The Hall–Kier alpha value is -2.24. The van der Waals surface area contributed by atoms with Gasteiger partial charge in [0.05, 0.1) is 6.54 Å². The van der Waals surface area contributed by atoms with Crippen molar-refractivity contribution in [2.24, 2.45) is 5.73 Å². The molecule has 2 rings (SSSR count). The zero-order valence-corrected chi connectivity index (χ0v) is 10.6. The summed E-state index contributed by atoms with van der Waals surface area (Å²) in [6.07, 6.45) is 1.22. The van der Waals surface area contributed by atoms with Crippen molar-refractivity contribution in [2.45, 2.75) is 12.8 Å². The highest BCUT2D eigenvalue weighted by molar-refractivity contribution is 5.95. The van der Waals surface area contributed by atoms with E-state index in [0.717, 1.165) is 30.6 Å². The minimum atomic E-state index is -0.839. The van der Waals surface area contributed by atoms with Crippen LogP contribution in [0, 0.1) is 0 Å². The number of nitrogens with one attached hydrogen (secondary N) is 2. The van der Waals surface area contributed by atoms with Gasteiger partial charge < -0.3 is 21.1 Å². The van der Waals surface area contributed by atoms with E-state index >= 15 is 0 Å². The maximum absolute atomic E-state index is 11.9. The van der Waals surface area contributed by atoms with Gasteiger partial charge in [-0.05, 0) is 36.6 Å². The van der Waals surface area contributed by atoms with Gasteiger partial charge in [0.25, 0.3) is 5.91 Å². The van der Waals surface area contributed by atoms with Crippen molar-refractivity contribution in [3.63, 3.8) is 0 Å². The first-order valence-corrected chi connectivity index (χ1v) is 6.24. The van der Waals surface area contributed by atoms with Crippen LogP contribution in [0.2, 0.25) is 0 Å². The molecular formula is C13H17N3O3. The zero-order valence-electron chi connectivity index (χ0n) is 10.6. The minimum absolute atomic E-state index is 0.0770. The average Bonchev–Trinajstić information content (AvgIpc) is 2.42. The molecule has 6 heteroatoms. The number of rotatable bonds is 4. The average molecular weight is 263 g/mol. The van der Waals surface area contributed by atoms with Crippen LogP contribution in [-0.2, 0) is 11.2 Å². The van der Waals surface area contributed by atoms with E-state index in [1.165, 1.54) is 0 Å². The van der Waals surface area contributed by atoms with E-state index < -0.39 is 6.09 Å². The first-order valence-electron chi connectivity index (χ1n) is 6.24. The van der Waals surface area contributed by atoms with Crippen LogP contribution in [0.25, 0.3) is 0 Å². The van der Waals surface area contributed by atoms with Crippen molar-refractivity contribution in [1.82, 2.24) is 5.32 Å². The van der Waals surface area contributed by atoms with E-state index in [1.807, 2.05) is 12.1 Å². The normalized spacial score (nSPS) is 13.1. The Morgan fingerprint density at radius 1 is 1.42 bits per heavy atom. The molecule has 0 unspecified atom stereocenters. The lowest BCUT2D eigenvalue weighted by Gasteiger charge is -2.18. The van der Waals surface area contributed by atoms with Crippen LogP contribution < -0.4 is 16.4 Å². The lowest BCUT2D eigenvalue weighted by atomic mass is 10.0. The number of anilines is 1. The largest absolute Gasteiger partial charge is 0.448 e. The molecule has 1 heterocycles. The highest BCUT2D eigenvalue weighted by atomic mass is 16.5. The van der Waals surface area contributed by atoms with Crippen molar-refractivity contribution >= 4 is 17.7 Å². The summed E-state index contributed by atoms with van der Waals surface area (Å²) in [4.78, 5) is 22.2. The van der Waals surface area contributed by atoms with Gasteiger partial charge >= 0.3 is 6.09 Å². The number of amides is 2. The Balaban J connectivity index is 1.90. The molecule has 19 heavy (non-hydrogen) atoms. The number of nitrogens with two attached hydrogens (primary N) is 1. The number of ether oxygens (including phenoxy) is 1. The van der Waals surface area contributed by atoms with E-state index in [9.17, 15) is 9.59 Å². The number of carbonyl (C=O) groups excluding carboxylic acids is 2. The van der Waals surface area contributed by atoms with Crippen LogP contribution in [0.5, 0.6) is 0 Å². The fourth-order valence-electron chi connectivity index (χ4n) is 2.03. The lowest BCUT2D eigenvalue weighted by Crippen LogP contribution is -2.29. The van der Waals surface area contributed by atoms with Crippen LogP contribution in [0.1, 0.15) is 22.3 Å². The van der Waals surface area contributed by atoms with E-state index in [2.05, 4.69) is 15.4 Å². The molecule has 0 spiro atoms. The molecule has 0 fully saturated rings. The minimum Gasteiger partial charge on any atom is -0.448 e. The highest BCUT2D eigenvalue weighted by Gasteiger charge is 2.12. The summed E-state index contributed by atoms with van der Waals surface area (Å²) in [6.45, 7) is 1.30. The molecule has 1 aromatic carbocycles. The molecule has 1 aliphatic rings. The first-order chi connectivity index (χ1) is 9.16. The number of hydrogen-bond acceptors (Lipinski definition) is 4. The molecule has 6 nitrogen and oxygen atoms in total. The predicted molar refractivity (Wildman–Crippen MR) is 71.1 cm³/mol. The van der Waals surface area contributed by atoms with E-state index in [-0.39, 0.29) is 19.1 Å². The van der Waals surface area contributed by atoms with Crippen LogP contribution >= 0.6 is 0 Å². The third kappa shape index (κ3) is 3.61. The molecule has 0 saturated heterocycles. The molecule has 0 bridgehead atoms. The molecule has 0 aliphatic carbocycles. The van der Waals surface area contributed by atoms with E-state index in [0.29, 0.717) is 5.56 Å². The van der Waals surface area contributed by atoms with Crippen molar-refractivity contribution < 1.29 is 14.3 Å². The highest BCUT2D eigenvalue weighted by Crippen LogP contribution is 2.22. The Labute approximate surface area is 111 Å². The monoisotopic (exact) mass is 263 g/mol. The van der Waals surface area contributed by atoms with Crippen molar-refractivity contribution in [1.29, 1.82) is 0 Å². The van der Waals surface area contributed by atoms with Gasteiger partial charge in [-0.25, -0.2) is 4.79 Å². The van der Waals surface area contributed by atoms with Gasteiger partial charge in [-0.2, -0.15) is 0 Å². The third-order valence-electron chi connectivity index (χ3n) is 2.94. The SMILES string of the molecule is NC(=O)OCCNC(=O)c1ccc2c(c1)CCCN2. The molecule has 0 atom stereocenters.